The highest BCUT2D eigenvalue weighted by molar-refractivity contribution is 8.76. The van der Waals surface area contributed by atoms with Gasteiger partial charge in [-0.25, -0.2) is 4.79 Å². The second-order valence-electron chi connectivity index (χ2n) is 4.65. The molecule has 1 aliphatic heterocycles. The Hall–Kier alpha value is -1.86. The molecule has 2 aromatic rings. The summed E-state index contributed by atoms with van der Waals surface area (Å²) in [6.45, 7) is 0.676. The summed E-state index contributed by atoms with van der Waals surface area (Å²) in [5, 5.41) is 0. The van der Waals surface area contributed by atoms with Gasteiger partial charge in [-0.1, -0.05) is 27.7 Å². The number of pyridine rings is 1. The largest absolute Gasteiger partial charge is 0.461 e. The maximum absolute atomic E-state index is 11.7. The van der Waals surface area contributed by atoms with E-state index in [1.807, 2.05) is 18.2 Å². The van der Waals surface area contributed by atoms with Gasteiger partial charge in [-0.3, -0.25) is 4.98 Å². The molecule has 120 valence electrons. The Morgan fingerprint density at radius 1 is 1.22 bits per heavy atom. The van der Waals surface area contributed by atoms with Crippen molar-refractivity contribution in [3.8, 4) is 11.5 Å². The summed E-state index contributed by atoms with van der Waals surface area (Å²) in [6, 6.07) is 9.36. The Kier molecular flexibility index (Phi) is 5.65. The number of esters is 1. The SMILES string of the molecule is O=C(OCCSSCc1ccc2c(c1)OCO2)c1cccnc1. The molecule has 0 bridgehead atoms. The van der Waals surface area contributed by atoms with Gasteiger partial charge in [-0.2, -0.15) is 0 Å². The molecule has 0 amide bonds. The number of hydrogen-bond acceptors (Lipinski definition) is 7. The predicted molar refractivity (Wildman–Crippen MR) is 90.8 cm³/mol. The van der Waals surface area contributed by atoms with Crippen LogP contribution in [0.2, 0.25) is 0 Å². The lowest BCUT2D eigenvalue weighted by Gasteiger charge is -2.05. The van der Waals surface area contributed by atoms with E-state index >= 15 is 0 Å². The first-order valence-corrected chi connectivity index (χ1v) is 9.52. The van der Waals surface area contributed by atoms with E-state index in [0.29, 0.717) is 19.0 Å². The average molecular weight is 349 g/mol. The summed E-state index contributed by atoms with van der Waals surface area (Å²) in [5.41, 5.74) is 1.66. The third kappa shape index (κ3) is 4.56. The molecule has 0 unspecified atom stereocenters. The first kappa shape index (κ1) is 16.0. The van der Waals surface area contributed by atoms with Crippen LogP contribution in [0.1, 0.15) is 15.9 Å². The van der Waals surface area contributed by atoms with Crippen LogP contribution in [0.25, 0.3) is 0 Å². The molecular weight excluding hydrogens is 334 g/mol. The van der Waals surface area contributed by atoms with Crippen molar-refractivity contribution in [2.75, 3.05) is 19.2 Å². The normalized spacial score (nSPS) is 12.2. The maximum Gasteiger partial charge on any atom is 0.339 e. The Balaban J connectivity index is 1.32. The van der Waals surface area contributed by atoms with Gasteiger partial charge in [0, 0.05) is 23.9 Å². The molecule has 2 heterocycles. The van der Waals surface area contributed by atoms with E-state index in [1.165, 1.54) is 11.8 Å². The van der Waals surface area contributed by atoms with Crippen molar-refractivity contribution in [2.45, 2.75) is 5.75 Å². The lowest BCUT2D eigenvalue weighted by Crippen LogP contribution is -2.07. The number of fused-ring (bicyclic) bond motifs is 1. The van der Waals surface area contributed by atoms with Crippen LogP contribution < -0.4 is 9.47 Å². The van der Waals surface area contributed by atoms with Gasteiger partial charge in [0.2, 0.25) is 6.79 Å². The molecule has 0 spiro atoms. The van der Waals surface area contributed by atoms with Gasteiger partial charge in [-0.15, -0.1) is 0 Å². The summed E-state index contributed by atoms with van der Waals surface area (Å²) in [6.07, 6.45) is 3.13. The fourth-order valence-electron chi connectivity index (χ4n) is 1.93. The fourth-order valence-corrected chi connectivity index (χ4v) is 3.82. The van der Waals surface area contributed by atoms with Crippen molar-refractivity contribution in [3.05, 3.63) is 53.9 Å². The third-order valence-corrected chi connectivity index (χ3v) is 5.35. The quantitative estimate of drug-likeness (QED) is 0.430. The Morgan fingerprint density at radius 2 is 2.13 bits per heavy atom. The Bertz CT molecular complexity index is 666. The Morgan fingerprint density at radius 3 is 3.00 bits per heavy atom. The molecule has 0 atom stereocenters. The minimum atomic E-state index is -0.334. The van der Waals surface area contributed by atoms with Crippen LogP contribution in [-0.4, -0.2) is 30.1 Å². The van der Waals surface area contributed by atoms with Crippen molar-refractivity contribution in [2.24, 2.45) is 0 Å². The molecule has 0 saturated heterocycles. The molecule has 1 aliphatic rings. The highest BCUT2D eigenvalue weighted by Gasteiger charge is 2.13. The number of aromatic nitrogens is 1. The van der Waals surface area contributed by atoms with E-state index < -0.39 is 0 Å². The highest BCUT2D eigenvalue weighted by Crippen LogP contribution is 2.35. The minimum absolute atomic E-state index is 0.295. The van der Waals surface area contributed by atoms with E-state index in [0.717, 1.165) is 23.0 Å². The molecule has 0 saturated carbocycles. The van der Waals surface area contributed by atoms with Gasteiger partial charge in [0.1, 0.15) is 6.61 Å². The van der Waals surface area contributed by atoms with Crippen LogP contribution >= 0.6 is 21.6 Å². The van der Waals surface area contributed by atoms with E-state index in [4.69, 9.17) is 14.2 Å². The molecule has 0 aliphatic carbocycles. The van der Waals surface area contributed by atoms with Gasteiger partial charge in [-0.05, 0) is 29.8 Å². The van der Waals surface area contributed by atoms with Gasteiger partial charge >= 0.3 is 5.97 Å². The van der Waals surface area contributed by atoms with Gasteiger partial charge in [0.15, 0.2) is 11.5 Å². The van der Waals surface area contributed by atoms with Gasteiger partial charge < -0.3 is 14.2 Å². The molecule has 1 aromatic heterocycles. The van der Waals surface area contributed by atoms with Crippen molar-refractivity contribution in [1.29, 1.82) is 0 Å². The zero-order chi connectivity index (χ0) is 15.9. The third-order valence-electron chi connectivity index (χ3n) is 3.04. The molecule has 5 nitrogen and oxygen atoms in total. The number of ether oxygens (including phenoxy) is 3. The van der Waals surface area contributed by atoms with Crippen LogP contribution in [0.4, 0.5) is 0 Å². The second kappa shape index (κ2) is 8.12. The smallest absolute Gasteiger partial charge is 0.339 e. The molecule has 7 heteroatoms. The van der Waals surface area contributed by atoms with Crippen molar-refractivity contribution < 1.29 is 19.0 Å². The van der Waals surface area contributed by atoms with Crippen LogP contribution in [0.15, 0.2) is 42.7 Å². The number of benzene rings is 1. The fraction of sp³-hybridized carbons (Fsp3) is 0.250. The van der Waals surface area contributed by atoms with E-state index in [2.05, 4.69) is 4.98 Å². The monoisotopic (exact) mass is 349 g/mol. The maximum atomic E-state index is 11.7. The number of carbonyl (C=O) groups excluding carboxylic acids is 1. The Labute approximate surface area is 142 Å². The van der Waals surface area contributed by atoms with Crippen molar-refractivity contribution in [1.82, 2.24) is 4.98 Å². The number of hydrogen-bond donors (Lipinski definition) is 0. The summed E-state index contributed by atoms with van der Waals surface area (Å²) < 4.78 is 15.8. The first-order chi connectivity index (χ1) is 11.3. The first-order valence-electron chi connectivity index (χ1n) is 7.03. The summed E-state index contributed by atoms with van der Waals surface area (Å²) in [4.78, 5) is 15.6. The van der Waals surface area contributed by atoms with Gasteiger partial charge in [0.05, 0.1) is 5.56 Å². The highest BCUT2D eigenvalue weighted by atomic mass is 33.1. The zero-order valence-electron chi connectivity index (χ0n) is 12.3. The summed E-state index contributed by atoms with van der Waals surface area (Å²) >= 11 is 0. The molecular formula is C16H15NO4S2. The van der Waals surface area contributed by atoms with Crippen molar-refractivity contribution in [3.63, 3.8) is 0 Å². The summed E-state index contributed by atoms with van der Waals surface area (Å²) in [5.74, 6) is 2.87. The van der Waals surface area contributed by atoms with Gasteiger partial charge in [0.25, 0.3) is 0 Å². The molecule has 0 fully saturated rings. The molecule has 3 rings (SSSR count). The van der Waals surface area contributed by atoms with E-state index in [1.54, 1.807) is 39.9 Å². The predicted octanol–water partition coefficient (Wildman–Crippen LogP) is 3.55. The van der Waals surface area contributed by atoms with E-state index in [9.17, 15) is 4.79 Å². The van der Waals surface area contributed by atoms with Crippen LogP contribution in [-0.2, 0) is 10.5 Å². The number of rotatable bonds is 7. The lowest BCUT2D eigenvalue weighted by atomic mass is 10.2. The second-order valence-corrected chi connectivity index (χ2v) is 7.23. The standard InChI is InChI=1S/C16H15NO4S2/c18-16(13-2-1-5-17-9-13)19-6-7-22-23-10-12-3-4-14-15(8-12)21-11-20-14/h1-5,8-9H,6-7,10-11H2. The number of nitrogens with zero attached hydrogens (tertiary/aromatic N) is 1. The van der Waals surface area contributed by atoms with Crippen LogP contribution in [0.5, 0.6) is 11.5 Å². The van der Waals surface area contributed by atoms with Crippen LogP contribution in [0.3, 0.4) is 0 Å². The van der Waals surface area contributed by atoms with E-state index in [-0.39, 0.29) is 5.97 Å². The minimum Gasteiger partial charge on any atom is -0.461 e. The topological polar surface area (TPSA) is 57.7 Å². The van der Waals surface area contributed by atoms with Crippen LogP contribution in [0, 0.1) is 0 Å². The summed E-state index contributed by atoms with van der Waals surface area (Å²) in [7, 11) is 3.39. The molecule has 0 N–H and O–H groups in total. The number of carbonyl (C=O) groups is 1. The molecule has 0 radical (unpaired) electrons. The average Bonchev–Trinajstić information content (AvgIpc) is 3.06. The molecule has 23 heavy (non-hydrogen) atoms. The zero-order valence-corrected chi connectivity index (χ0v) is 13.9. The lowest BCUT2D eigenvalue weighted by molar-refractivity contribution is 0.0530. The van der Waals surface area contributed by atoms with Crippen molar-refractivity contribution >= 4 is 27.6 Å². The molecule has 1 aromatic carbocycles.